The summed E-state index contributed by atoms with van der Waals surface area (Å²) in [6.45, 7) is 0. The number of carboxylic acid groups (broad SMARTS) is 1. The zero-order chi connectivity index (χ0) is 14.4. The molecule has 0 radical (unpaired) electrons. The number of benzene rings is 1. The molecule has 0 saturated carbocycles. The second-order valence-electron chi connectivity index (χ2n) is 3.69. The number of carbonyl (C=O) groups is 1. The summed E-state index contributed by atoms with van der Waals surface area (Å²) in [7, 11) is 0. The Hall–Kier alpha value is -3.20. The zero-order valence-corrected chi connectivity index (χ0v) is 10.2. The van der Waals surface area contributed by atoms with Gasteiger partial charge in [0, 0.05) is 12.4 Å². The van der Waals surface area contributed by atoms with Gasteiger partial charge in [-0.2, -0.15) is 5.26 Å². The minimum absolute atomic E-state index is 0.326. The Labute approximate surface area is 114 Å². The summed E-state index contributed by atoms with van der Waals surface area (Å²) in [5, 5.41) is 17.4. The Morgan fingerprint density at radius 2 is 2.05 bits per heavy atom. The summed E-state index contributed by atoms with van der Waals surface area (Å²) in [6, 6.07) is 8.21. The number of rotatable bonds is 4. The number of nitrogens with zero attached hydrogens (tertiary/aromatic N) is 3. The number of hydrogen-bond donors (Lipinski definition) is 1. The highest BCUT2D eigenvalue weighted by molar-refractivity contribution is 5.96. The summed E-state index contributed by atoms with van der Waals surface area (Å²) in [5.41, 5.74) is 0.267. The van der Waals surface area contributed by atoms with E-state index in [9.17, 15) is 4.79 Å². The molecular formula is C14H9N3O3. The molecular weight excluding hydrogens is 258 g/mol. The van der Waals surface area contributed by atoms with Crippen LogP contribution in [0.1, 0.15) is 5.56 Å². The van der Waals surface area contributed by atoms with Crippen LogP contribution in [0.4, 0.5) is 0 Å². The SMILES string of the molecule is N#CC(=Cc1ccc(Oc2cnccn2)cc1)C(=O)O. The van der Waals surface area contributed by atoms with Crippen LogP contribution in [0.2, 0.25) is 0 Å². The van der Waals surface area contributed by atoms with E-state index in [2.05, 4.69) is 9.97 Å². The lowest BCUT2D eigenvalue weighted by Crippen LogP contribution is -1.97. The molecule has 2 rings (SSSR count). The highest BCUT2D eigenvalue weighted by Crippen LogP contribution is 2.19. The number of aliphatic carboxylic acids is 1. The van der Waals surface area contributed by atoms with Crippen molar-refractivity contribution in [2.24, 2.45) is 0 Å². The van der Waals surface area contributed by atoms with Crippen LogP contribution in [0.5, 0.6) is 11.6 Å². The van der Waals surface area contributed by atoms with Crippen LogP contribution in [-0.2, 0) is 4.79 Å². The fraction of sp³-hybridized carbons (Fsp3) is 0. The molecule has 0 aliphatic carbocycles. The molecule has 20 heavy (non-hydrogen) atoms. The van der Waals surface area contributed by atoms with Crippen LogP contribution in [0.15, 0.2) is 48.4 Å². The molecule has 0 amide bonds. The van der Waals surface area contributed by atoms with Gasteiger partial charge in [0.2, 0.25) is 5.88 Å². The Morgan fingerprint density at radius 3 is 2.60 bits per heavy atom. The molecule has 98 valence electrons. The van der Waals surface area contributed by atoms with Gasteiger partial charge in [-0.1, -0.05) is 12.1 Å². The van der Waals surface area contributed by atoms with Crippen molar-refractivity contribution in [1.82, 2.24) is 9.97 Å². The number of hydrogen-bond acceptors (Lipinski definition) is 5. The van der Waals surface area contributed by atoms with E-state index in [0.29, 0.717) is 17.2 Å². The molecule has 1 aromatic carbocycles. The molecule has 1 aromatic heterocycles. The lowest BCUT2D eigenvalue weighted by atomic mass is 10.1. The summed E-state index contributed by atoms with van der Waals surface area (Å²) in [4.78, 5) is 18.5. The standard InChI is InChI=1S/C14H9N3O3/c15-8-11(14(18)19)7-10-1-3-12(4-2-10)20-13-9-16-5-6-17-13/h1-7,9H,(H,18,19). The van der Waals surface area contributed by atoms with Gasteiger partial charge < -0.3 is 9.84 Å². The van der Waals surface area contributed by atoms with Crippen LogP contribution in [0.25, 0.3) is 6.08 Å². The molecule has 1 N–H and O–H groups in total. The Kier molecular flexibility index (Phi) is 4.04. The molecule has 6 heteroatoms. The fourth-order valence-electron chi connectivity index (χ4n) is 1.40. The molecule has 0 saturated heterocycles. The third-order valence-corrected chi connectivity index (χ3v) is 2.30. The highest BCUT2D eigenvalue weighted by Gasteiger charge is 2.05. The van der Waals surface area contributed by atoms with Crippen LogP contribution >= 0.6 is 0 Å². The van der Waals surface area contributed by atoms with Crippen molar-refractivity contribution in [3.8, 4) is 17.7 Å². The predicted octanol–water partition coefficient (Wildman–Crippen LogP) is 2.26. The van der Waals surface area contributed by atoms with Crippen LogP contribution < -0.4 is 4.74 Å². The second-order valence-corrected chi connectivity index (χ2v) is 3.69. The first-order valence-electron chi connectivity index (χ1n) is 5.58. The topological polar surface area (TPSA) is 96.1 Å². The van der Waals surface area contributed by atoms with Crippen molar-refractivity contribution >= 4 is 12.0 Å². The molecule has 0 unspecified atom stereocenters. The fourth-order valence-corrected chi connectivity index (χ4v) is 1.40. The first-order valence-corrected chi connectivity index (χ1v) is 5.58. The van der Waals surface area contributed by atoms with Crippen molar-refractivity contribution in [2.75, 3.05) is 0 Å². The number of carboxylic acids is 1. The molecule has 1 heterocycles. The average Bonchev–Trinajstić information content (AvgIpc) is 2.47. The van der Waals surface area contributed by atoms with E-state index in [-0.39, 0.29) is 5.57 Å². The third-order valence-electron chi connectivity index (χ3n) is 2.30. The lowest BCUT2D eigenvalue weighted by Gasteiger charge is -2.03. The summed E-state index contributed by atoms with van der Waals surface area (Å²) < 4.78 is 5.44. The van der Waals surface area contributed by atoms with E-state index in [4.69, 9.17) is 15.1 Å². The normalized spacial score (nSPS) is 10.7. The van der Waals surface area contributed by atoms with Gasteiger partial charge in [0.05, 0.1) is 6.20 Å². The summed E-state index contributed by atoms with van der Waals surface area (Å²) in [5.74, 6) is -0.358. The molecule has 0 fully saturated rings. The van der Waals surface area contributed by atoms with E-state index < -0.39 is 5.97 Å². The van der Waals surface area contributed by atoms with Gasteiger partial charge >= 0.3 is 5.97 Å². The van der Waals surface area contributed by atoms with Crippen molar-refractivity contribution in [3.05, 3.63) is 54.0 Å². The van der Waals surface area contributed by atoms with E-state index in [1.165, 1.54) is 24.7 Å². The van der Waals surface area contributed by atoms with E-state index >= 15 is 0 Å². The molecule has 0 aliphatic rings. The highest BCUT2D eigenvalue weighted by atomic mass is 16.5. The first-order chi connectivity index (χ1) is 9.69. The van der Waals surface area contributed by atoms with Gasteiger partial charge in [-0.25, -0.2) is 9.78 Å². The van der Waals surface area contributed by atoms with Gasteiger partial charge in [-0.3, -0.25) is 4.98 Å². The zero-order valence-electron chi connectivity index (χ0n) is 10.2. The lowest BCUT2D eigenvalue weighted by molar-refractivity contribution is -0.132. The van der Waals surface area contributed by atoms with Gasteiger partial charge in [0.15, 0.2) is 0 Å². The summed E-state index contributed by atoms with van der Waals surface area (Å²) >= 11 is 0. The van der Waals surface area contributed by atoms with Crippen LogP contribution in [0.3, 0.4) is 0 Å². The molecule has 2 aromatic rings. The number of nitriles is 1. The molecule has 0 aliphatic heterocycles. The largest absolute Gasteiger partial charge is 0.477 e. The van der Waals surface area contributed by atoms with E-state index in [1.54, 1.807) is 30.3 Å². The molecule has 0 atom stereocenters. The Morgan fingerprint density at radius 1 is 1.30 bits per heavy atom. The van der Waals surface area contributed by atoms with Crippen LogP contribution in [-0.4, -0.2) is 21.0 Å². The number of ether oxygens (including phenoxy) is 1. The van der Waals surface area contributed by atoms with Crippen LogP contribution in [0, 0.1) is 11.3 Å². The minimum atomic E-state index is -1.26. The number of aromatic nitrogens is 2. The average molecular weight is 267 g/mol. The van der Waals surface area contributed by atoms with E-state index in [1.807, 2.05) is 0 Å². The van der Waals surface area contributed by atoms with Gasteiger partial charge in [0.1, 0.15) is 17.4 Å². The monoisotopic (exact) mass is 267 g/mol. The maximum absolute atomic E-state index is 10.7. The van der Waals surface area contributed by atoms with Crippen molar-refractivity contribution in [1.29, 1.82) is 5.26 Å². The van der Waals surface area contributed by atoms with Gasteiger partial charge in [-0.15, -0.1) is 0 Å². The molecule has 0 spiro atoms. The maximum atomic E-state index is 10.7. The third kappa shape index (κ3) is 3.40. The maximum Gasteiger partial charge on any atom is 0.346 e. The second kappa shape index (κ2) is 6.11. The Bertz CT molecular complexity index is 673. The first kappa shape index (κ1) is 13.2. The Balaban J connectivity index is 2.15. The van der Waals surface area contributed by atoms with Gasteiger partial charge in [-0.05, 0) is 23.8 Å². The quantitative estimate of drug-likeness (QED) is 0.674. The predicted molar refractivity (Wildman–Crippen MR) is 69.8 cm³/mol. The van der Waals surface area contributed by atoms with Crippen molar-refractivity contribution in [2.45, 2.75) is 0 Å². The van der Waals surface area contributed by atoms with Gasteiger partial charge in [0.25, 0.3) is 0 Å². The van der Waals surface area contributed by atoms with E-state index in [0.717, 1.165) is 0 Å². The summed E-state index contributed by atoms with van der Waals surface area (Å²) in [6.07, 6.45) is 5.81. The van der Waals surface area contributed by atoms with Crippen molar-refractivity contribution in [3.63, 3.8) is 0 Å². The van der Waals surface area contributed by atoms with Crippen molar-refractivity contribution < 1.29 is 14.6 Å². The smallest absolute Gasteiger partial charge is 0.346 e. The minimum Gasteiger partial charge on any atom is -0.477 e. The molecule has 0 bridgehead atoms. The molecule has 6 nitrogen and oxygen atoms in total.